The molecule has 0 atom stereocenters. The minimum absolute atomic E-state index is 0.126. The third-order valence-corrected chi connectivity index (χ3v) is 4.61. The van der Waals surface area contributed by atoms with Gasteiger partial charge in [-0.1, -0.05) is 44.2 Å². The molecule has 4 aromatic rings. The smallest absolute Gasteiger partial charge is 0.228 e. The lowest BCUT2D eigenvalue weighted by atomic mass is 10.1. The molecule has 0 saturated heterocycles. The first-order chi connectivity index (χ1) is 13.5. The van der Waals surface area contributed by atoms with Crippen LogP contribution in [0.3, 0.4) is 0 Å². The van der Waals surface area contributed by atoms with Gasteiger partial charge in [0.2, 0.25) is 11.8 Å². The van der Waals surface area contributed by atoms with Gasteiger partial charge in [-0.25, -0.2) is 4.98 Å². The highest BCUT2D eigenvalue weighted by Crippen LogP contribution is 2.28. The van der Waals surface area contributed by atoms with E-state index in [0.29, 0.717) is 17.0 Å². The van der Waals surface area contributed by atoms with E-state index in [-0.39, 0.29) is 16.9 Å². The quantitative estimate of drug-likeness (QED) is 0.476. The van der Waals surface area contributed by atoms with Gasteiger partial charge in [-0.3, -0.25) is 4.79 Å². The lowest BCUT2D eigenvalue weighted by molar-refractivity contribution is -0.122. The molecule has 4 rings (SSSR count). The second kappa shape index (κ2) is 7.40. The summed E-state index contributed by atoms with van der Waals surface area (Å²) in [5.74, 6) is 0.300. The van der Waals surface area contributed by atoms with Crippen molar-refractivity contribution in [2.45, 2.75) is 13.8 Å². The first-order valence-corrected chi connectivity index (χ1v) is 9.42. The van der Waals surface area contributed by atoms with Crippen LogP contribution in [0.25, 0.3) is 33.3 Å². The molecule has 3 aromatic carbocycles. The van der Waals surface area contributed by atoms with Gasteiger partial charge in [0.05, 0.1) is 0 Å². The Balaban J connectivity index is 1.59. The normalized spacial score (nSPS) is 11.1. The molecule has 0 unspecified atom stereocenters. The number of amides is 1. The van der Waals surface area contributed by atoms with E-state index in [2.05, 4.69) is 39.9 Å². The van der Waals surface area contributed by atoms with Gasteiger partial charge in [0.25, 0.3) is 0 Å². The number of oxazole rings is 1. The van der Waals surface area contributed by atoms with Gasteiger partial charge in [-0.05, 0) is 53.3 Å². The van der Waals surface area contributed by atoms with Gasteiger partial charge >= 0.3 is 0 Å². The van der Waals surface area contributed by atoms with Crippen LogP contribution in [0.1, 0.15) is 13.8 Å². The summed E-state index contributed by atoms with van der Waals surface area (Å²) in [5, 5.41) is 8.24. The Morgan fingerprint density at radius 1 is 1.04 bits per heavy atom. The van der Waals surface area contributed by atoms with Crippen LogP contribution in [0, 0.1) is 5.92 Å². The van der Waals surface area contributed by atoms with E-state index in [1.165, 1.54) is 5.39 Å². The van der Waals surface area contributed by atoms with Gasteiger partial charge in [0, 0.05) is 17.2 Å². The SMILES string of the molecule is CC(C)C(=O)NC(=S)Nc1ccc2oc(-c3ccc4ccccc4c3)nc2c1. The van der Waals surface area contributed by atoms with E-state index in [0.717, 1.165) is 16.6 Å². The van der Waals surface area contributed by atoms with E-state index >= 15 is 0 Å². The van der Waals surface area contributed by atoms with Crippen LogP contribution in [-0.4, -0.2) is 16.0 Å². The monoisotopic (exact) mass is 389 g/mol. The lowest BCUT2D eigenvalue weighted by Crippen LogP contribution is -2.36. The van der Waals surface area contributed by atoms with Crippen LogP contribution in [0.2, 0.25) is 0 Å². The zero-order valence-electron chi connectivity index (χ0n) is 15.5. The standard InChI is InChI=1S/C22H19N3O2S/c1-13(2)20(26)25-22(28)23-17-9-10-19-18(12-17)24-21(27-19)16-8-7-14-5-3-4-6-15(14)11-16/h3-13H,1-2H3,(H2,23,25,26,28). The zero-order valence-corrected chi connectivity index (χ0v) is 16.3. The maximum Gasteiger partial charge on any atom is 0.228 e. The Bertz CT molecular complexity index is 1200. The summed E-state index contributed by atoms with van der Waals surface area (Å²) in [7, 11) is 0. The highest BCUT2D eigenvalue weighted by Gasteiger charge is 2.12. The van der Waals surface area contributed by atoms with E-state index in [9.17, 15) is 4.79 Å². The number of nitrogens with one attached hydrogen (secondary N) is 2. The van der Waals surface area contributed by atoms with Crippen LogP contribution in [0.5, 0.6) is 0 Å². The molecule has 0 aliphatic rings. The maximum absolute atomic E-state index is 11.7. The average Bonchev–Trinajstić information content (AvgIpc) is 3.10. The Morgan fingerprint density at radius 2 is 1.82 bits per heavy atom. The number of anilines is 1. The number of benzene rings is 3. The van der Waals surface area contributed by atoms with Gasteiger partial charge in [0.1, 0.15) is 5.52 Å². The molecular weight excluding hydrogens is 370 g/mol. The summed E-state index contributed by atoms with van der Waals surface area (Å²) < 4.78 is 5.92. The lowest BCUT2D eigenvalue weighted by Gasteiger charge is -2.10. The molecule has 2 N–H and O–H groups in total. The Hall–Kier alpha value is -3.25. The fourth-order valence-corrected chi connectivity index (χ4v) is 3.09. The number of nitrogens with zero attached hydrogens (tertiary/aromatic N) is 1. The number of fused-ring (bicyclic) bond motifs is 2. The first-order valence-electron chi connectivity index (χ1n) is 9.01. The third-order valence-electron chi connectivity index (χ3n) is 4.40. The van der Waals surface area contributed by atoms with Crippen LogP contribution < -0.4 is 10.6 Å². The van der Waals surface area contributed by atoms with Crippen molar-refractivity contribution in [2.75, 3.05) is 5.32 Å². The molecule has 6 heteroatoms. The van der Waals surface area contributed by atoms with Gasteiger partial charge in [-0.2, -0.15) is 0 Å². The van der Waals surface area contributed by atoms with Crippen molar-refractivity contribution in [1.29, 1.82) is 0 Å². The summed E-state index contributed by atoms with van der Waals surface area (Å²) >= 11 is 5.19. The van der Waals surface area contributed by atoms with E-state index in [4.69, 9.17) is 16.6 Å². The number of thiocarbonyl (C=S) groups is 1. The summed E-state index contributed by atoms with van der Waals surface area (Å²) in [5.41, 5.74) is 3.06. The van der Waals surface area contributed by atoms with Crippen LogP contribution in [0.4, 0.5) is 5.69 Å². The molecule has 0 radical (unpaired) electrons. The molecule has 28 heavy (non-hydrogen) atoms. The molecule has 1 amide bonds. The van der Waals surface area contributed by atoms with Crippen molar-refractivity contribution in [3.8, 4) is 11.5 Å². The Morgan fingerprint density at radius 3 is 2.61 bits per heavy atom. The highest BCUT2D eigenvalue weighted by atomic mass is 32.1. The van der Waals surface area contributed by atoms with Crippen LogP contribution >= 0.6 is 12.2 Å². The van der Waals surface area contributed by atoms with Crippen molar-refractivity contribution in [3.63, 3.8) is 0 Å². The predicted molar refractivity (Wildman–Crippen MR) is 116 cm³/mol. The van der Waals surface area contributed by atoms with E-state index < -0.39 is 0 Å². The van der Waals surface area contributed by atoms with Gasteiger partial charge in [0.15, 0.2) is 10.7 Å². The molecule has 0 aliphatic heterocycles. The number of hydrogen-bond acceptors (Lipinski definition) is 4. The number of carbonyl (C=O) groups is 1. The van der Waals surface area contributed by atoms with Crippen LogP contribution in [-0.2, 0) is 4.79 Å². The maximum atomic E-state index is 11.7. The average molecular weight is 389 g/mol. The number of rotatable bonds is 3. The Labute approximate surface area is 167 Å². The molecule has 0 bridgehead atoms. The first kappa shape index (κ1) is 18.1. The summed E-state index contributed by atoms with van der Waals surface area (Å²) in [6, 6.07) is 19.8. The largest absolute Gasteiger partial charge is 0.436 e. The second-order valence-corrected chi connectivity index (χ2v) is 7.27. The molecule has 0 aliphatic carbocycles. The number of carbonyl (C=O) groups excluding carboxylic acids is 1. The van der Waals surface area contributed by atoms with E-state index in [1.807, 2.05) is 50.2 Å². The molecule has 0 saturated carbocycles. The van der Waals surface area contributed by atoms with E-state index in [1.54, 1.807) is 0 Å². The minimum Gasteiger partial charge on any atom is -0.436 e. The third kappa shape index (κ3) is 3.73. The molecule has 1 heterocycles. The summed E-state index contributed by atoms with van der Waals surface area (Å²) in [4.78, 5) is 16.4. The molecule has 140 valence electrons. The van der Waals surface area contributed by atoms with Crippen molar-refractivity contribution in [3.05, 3.63) is 60.7 Å². The fraction of sp³-hybridized carbons (Fsp3) is 0.136. The van der Waals surface area contributed by atoms with Crippen LogP contribution in [0.15, 0.2) is 65.1 Å². The summed E-state index contributed by atoms with van der Waals surface area (Å²) in [6.45, 7) is 3.63. The molecule has 0 spiro atoms. The molecule has 1 aromatic heterocycles. The van der Waals surface area contributed by atoms with Crippen molar-refractivity contribution < 1.29 is 9.21 Å². The van der Waals surface area contributed by atoms with Gasteiger partial charge < -0.3 is 15.1 Å². The predicted octanol–water partition coefficient (Wildman–Crippen LogP) is 5.12. The number of hydrogen-bond donors (Lipinski definition) is 2. The summed E-state index contributed by atoms with van der Waals surface area (Å²) in [6.07, 6.45) is 0. The zero-order chi connectivity index (χ0) is 19.7. The Kier molecular flexibility index (Phi) is 4.79. The molecule has 0 fully saturated rings. The fourth-order valence-electron chi connectivity index (χ4n) is 2.87. The minimum atomic E-state index is -0.137. The topological polar surface area (TPSA) is 67.2 Å². The second-order valence-electron chi connectivity index (χ2n) is 6.86. The molecule has 5 nitrogen and oxygen atoms in total. The molecular formula is C22H19N3O2S. The van der Waals surface area contributed by atoms with Crippen molar-refractivity contribution >= 4 is 50.8 Å². The number of aromatic nitrogens is 1. The van der Waals surface area contributed by atoms with Gasteiger partial charge in [-0.15, -0.1) is 0 Å². The van der Waals surface area contributed by atoms with Crippen molar-refractivity contribution in [1.82, 2.24) is 10.3 Å². The highest BCUT2D eigenvalue weighted by molar-refractivity contribution is 7.80. The van der Waals surface area contributed by atoms with Crippen molar-refractivity contribution in [2.24, 2.45) is 5.92 Å².